The molecule has 0 aliphatic carbocycles. The molecular formula is C19H21N3O5S. The SMILES string of the molecule is COc1cc([N+](=O)[O-])ccc1NC(=S)NC(=O)c1ccc(OCC(C)C)cc1. The van der Waals surface area contributed by atoms with Crippen molar-refractivity contribution in [3.8, 4) is 11.5 Å². The lowest BCUT2D eigenvalue weighted by atomic mass is 10.2. The number of non-ortho nitro benzene ring substituents is 1. The smallest absolute Gasteiger partial charge is 0.273 e. The fraction of sp³-hybridized carbons (Fsp3) is 0.263. The lowest BCUT2D eigenvalue weighted by Gasteiger charge is -2.13. The van der Waals surface area contributed by atoms with Crippen molar-refractivity contribution in [3.05, 3.63) is 58.1 Å². The van der Waals surface area contributed by atoms with Crippen LogP contribution in [0.3, 0.4) is 0 Å². The van der Waals surface area contributed by atoms with Crippen molar-refractivity contribution in [2.24, 2.45) is 5.92 Å². The molecule has 0 aliphatic heterocycles. The number of nitrogens with zero attached hydrogens (tertiary/aromatic N) is 1. The minimum atomic E-state index is -0.527. The fourth-order valence-electron chi connectivity index (χ4n) is 2.19. The van der Waals surface area contributed by atoms with Gasteiger partial charge in [0.2, 0.25) is 0 Å². The predicted octanol–water partition coefficient (Wildman–Crippen LogP) is 3.77. The summed E-state index contributed by atoms with van der Waals surface area (Å²) in [4.78, 5) is 22.6. The van der Waals surface area contributed by atoms with Crippen LogP contribution >= 0.6 is 12.2 Å². The highest BCUT2D eigenvalue weighted by atomic mass is 32.1. The summed E-state index contributed by atoms with van der Waals surface area (Å²) in [7, 11) is 1.38. The lowest BCUT2D eigenvalue weighted by molar-refractivity contribution is -0.384. The number of rotatable bonds is 7. The highest BCUT2D eigenvalue weighted by Gasteiger charge is 2.14. The van der Waals surface area contributed by atoms with Crippen molar-refractivity contribution in [2.45, 2.75) is 13.8 Å². The highest BCUT2D eigenvalue weighted by molar-refractivity contribution is 7.80. The first-order valence-electron chi connectivity index (χ1n) is 8.47. The highest BCUT2D eigenvalue weighted by Crippen LogP contribution is 2.28. The van der Waals surface area contributed by atoms with Gasteiger partial charge in [0, 0.05) is 11.6 Å². The van der Waals surface area contributed by atoms with Gasteiger partial charge in [0.05, 0.1) is 30.4 Å². The van der Waals surface area contributed by atoms with Crippen molar-refractivity contribution in [2.75, 3.05) is 19.0 Å². The molecule has 2 rings (SSSR count). The Morgan fingerprint density at radius 3 is 2.46 bits per heavy atom. The zero-order valence-corrected chi connectivity index (χ0v) is 16.5. The molecule has 0 heterocycles. The molecule has 2 N–H and O–H groups in total. The molecule has 0 aromatic heterocycles. The molecule has 9 heteroatoms. The van der Waals surface area contributed by atoms with E-state index in [-0.39, 0.29) is 16.5 Å². The van der Waals surface area contributed by atoms with Crippen molar-refractivity contribution < 1.29 is 19.2 Å². The zero-order chi connectivity index (χ0) is 20.7. The van der Waals surface area contributed by atoms with E-state index < -0.39 is 10.8 Å². The first-order chi connectivity index (χ1) is 13.3. The number of methoxy groups -OCH3 is 1. The van der Waals surface area contributed by atoms with Gasteiger partial charge in [-0.3, -0.25) is 20.2 Å². The number of hydrogen-bond donors (Lipinski definition) is 2. The Morgan fingerprint density at radius 2 is 1.89 bits per heavy atom. The molecule has 1 amide bonds. The van der Waals surface area contributed by atoms with E-state index in [0.29, 0.717) is 29.5 Å². The van der Waals surface area contributed by atoms with Crippen molar-refractivity contribution in [3.63, 3.8) is 0 Å². The monoisotopic (exact) mass is 403 g/mol. The van der Waals surface area contributed by atoms with Gasteiger partial charge >= 0.3 is 0 Å². The molecule has 0 unspecified atom stereocenters. The summed E-state index contributed by atoms with van der Waals surface area (Å²) in [6.07, 6.45) is 0. The Kier molecular flexibility index (Phi) is 7.28. The molecule has 0 aliphatic rings. The Morgan fingerprint density at radius 1 is 1.21 bits per heavy atom. The number of carbonyl (C=O) groups is 1. The molecule has 0 fully saturated rings. The number of nitrogens with one attached hydrogen (secondary N) is 2. The second-order valence-electron chi connectivity index (χ2n) is 6.28. The van der Waals surface area contributed by atoms with Gasteiger partial charge in [-0.05, 0) is 48.5 Å². The van der Waals surface area contributed by atoms with Crippen LogP contribution in [0.2, 0.25) is 0 Å². The van der Waals surface area contributed by atoms with Crippen molar-refractivity contribution >= 4 is 34.6 Å². The molecule has 0 saturated heterocycles. The predicted molar refractivity (Wildman–Crippen MR) is 110 cm³/mol. The molecule has 148 valence electrons. The third-order valence-corrected chi connectivity index (χ3v) is 3.78. The summed E-state index contributed by atoms with van der Waals surface area (Å²) in [5.74, 6) is 0.927. The van der Waals surface area contributed by atoms with Crippen LogP contribution < -0.4 is 20.1 Å². The lowest BCUT2D eigenvalue weighted by Crippen LogP contribution is -2.34. The molecule has 8 nitrogen and oxygen atoms in total. The Bertz CT molecular complexity index is 868. The number of hydrogen-bond acceptors (Lipinski definition) is 6. The van der Waals surface area contributed by atoms with E-state index >= 15 is 0 Å². The quantitative estimate of drug-likeness (QED) is 0.412. The second-order valence-corrected chi connectivity index (χ2v) is 6.69. The van der Waals surface area contributed by atoms with Gasteiger partial charge in [-0.2, -0.15) is 0 Å². The number of nitro benzene ring substituents is 1. The number of ether oxygens (including phenoxy) is 2. The number of carbonyl (C=O) groups excluding carboxylic acids is 1. The van der Waals surface area contributed by atoms with Crippen LogP contribution in [0.4, 0.5) is 11.4 Å². The standard InChI is InChI=1S/C19H21N3O5S/c1-12(2)11-27-15-7-4-13(5-8-15)18(23)21-19(28)20-16-9-6-14(22(24)25)10-17(16)26-3/h4-10,12H,11H2,1-3H3,(H2,20,21,23,28). The molecular weight excluding hydrogens is 382 g/mol. The fourth-order valence-corrected chi connectivity index (χ4v) is 2.39. The molecule has 2 aromatic rings. The summed E-state index contributed by atoms with van der Waals surface area (Å²) in [6.45, 7) is 4.70. The third-order valence-electron chi connectivity index (χ3n) is 3.57. The van der Waals surface area contributed by atoms with E-state index in [4.69, 9.17) is 21.7 Å². The van der Waals surface area contributed by atoms with Crippen LogP contribution in [0, 0.1) is 16.0 Å². The number of benzene rings is 2. The van der Waals surface area contributed by atoms with Crippen molar-refractivity contribution in [1.29, 1.82) is 0 Å². The molecule has 28 heavy (non-hydrogen) atoms. The molecule has 0 radical (unpaired) electrons. The number of nitro groups is 1. The largest absolute Gasteiger partial charge is 0.494 e. The summed E-state index contributed by atoms with van der Waals surface area (Å²) in [5, 5.41) is 16.2. The van der Waals surface area contributed by atoms with Crippen LogP contribution in [-0.4, -0.2) is 29.7 Å². The molecule has 0 bridgehead atoms. The average Bonchev–Trinajstić information content (AvgIpc) is 2.66. The number of thiocarbonyl (C=S) groups is 1. The van der Waals surface area contributed by atoms with Crippen LogP contribution in [0.1, 0.15) is 24.2 Å². The Balaban J connectivity index is 1.99. The van der Waals surface area contributed by atoms with E-state index in [0.717, 1.165) is 0 Å². The topological polar surface area (TPSA) is 103 Å². The van der Waals surface area contributed by atoms with E-state index in [2.05, 4.69) is 24.5 Å². The van der Waals surface area contributed by atoms with Gasteiger partial charge in [0.1, 0.15) is 11.5 Å². The first kappa shape index (κ1) is 21.1. The van der Waals surface area contributed by atoms with E-state index in [1.165, 1.54) is 25.3 Å². The molecule has 0 spiro atoms. The van der Waals surface area contributed by atoms with Gasteiger partial charge in [-0.25, -0.2) is 0 Å². The summed E-state index contributed by atoms with van der Waals surface area (Å²) >= 11 is 5.14. The normalized spacial score (nSPS) is 10.3. The van der Waals surface area contributed by atoms with Gasteiger partial charge in [-0.1, -0.05) is 13.8 Å². The summed E-state index contributed by atoms with van der Waals surface area (Å²) in [5.41, 5.74) is 0.699. The van der Waals surface area contributed by atoms with Gasteiger partial charge in [-0.15, -0.1) is 0 Å². The Labute approximate surface area is 168 Å². The van der Waals surface area contributed by atoms with E-state index in [1.54, 1.807) is 24.3 Å². The Hall–Kier alpha value is -3.20. The maximum absolute atomic E-state index is 12.3. The van der Waals surface area contributed by atoms with E-state index in [1.807, 2.05) is 0 Å². The average molecular weight is 403 g/mol. The second kappa shape index (κ2) is 9.65. The minimum Gasteiger partial charge on any atom is -0.494 e. The number of amides is 1. The van der Waals surface area contributed by atoms with E-state index in [9.17, 15) is 14.9 Å². The van der Waals surface area contributed by atoms with Crippen LogP contribution in [0.5, 0.6) is 11.5 Å². The summed E-state index contributed by atoms with van der Waals surface area (Å²) < 4.78 is 10.7. The number of anilines is 1. The molecule has 0 atom stereocenters. The minimum absolute atomic E-state index is 0.0392. The molecule has 2 aromatic carbocycles. The van der Waals surface area contributed by atoms with Crippen LogP contribution in [0.25, 0.3) is 0 Å². The zero-order valence-electron chi connectivity index (χ0n) is 15.7. The van der Waals surface area contributed by atoms with Gasteiger partial charge in [0.15, 0.2) is 5.11 Å². The third kappa shape index (κ3) is 5.92. The maximum atomic E-state index is 12.3. The van der Waals surface area contributed by atoms with Crippen LogP contribution in [-0.2, 0) is 0 Å². The van der Waals surface area contributed by atoms with Crippen molar-refractivity contribution in [1.82, 2.24) is 5.32 Å². The van der Waals surface area contributed by atoms with Gasteiger partial charge in [0.25, 0.3) is 11.6 Å². The van der Waals surface area contributed by atoms with Crippen LogP contribution in [0.15, 0.2) is 42.5 Å². The molecule has 0 saturated carbocycles. The van der Waals surface area contributed by atoms with Gasteiger partial charge < -0.3 is 14.8 Å². The maximum Gasteiger partial charge on any atom is 0.273 e. The summed E-state index contributed by atoms with van der Waals surface area (Å²) in [6, 6.07) is 10.7. The first-order valence-corrected chi connectivity index (χ1v) is 8.88.